The largest absolute Gasteiger partial charge is 0.379 e. The van der Waals surface area contributed by atoms with E-state index in [1.54, 1.807) is 12.1 Å². The standard InChI is InChI=1S/C13H20BrN3O2/c1-3-16(4-2)9-5-8-15-12-10-11(14)6-7-13(12)17(18)19/h6-7,10,15H,3-5,8-9H2,1-2H3. The number of nitro benzene ring substituents is 1. The molecule has 0 unspecified atom stereocenters. The topological polar surface area (TPSA) is 58.4 Å². The maximum Gasteiger partial charge on any atom is 0.292 e. The van der Waals surface area contributed by atoms with E-state index in [4.69, 9.17) is 0 Å². The molecule has 0 amide bonds. The van der Waals surface area contributed by atoms with Crippen molar-refractivity contribution in [1.82, 2.24) is 4.90 Å². The lowest BCUT2D eigenvalue weighted by Crippen LogP contribution is -2.25. The van der Waals surface area contributed by atoms with E-state index in [0.717, 1.165) is 37.1 Å². The van der Waals surface area contributed by atoms with Crippen molar-refractivity contribution in [2.24, 2.45) is 0 Å². The van der Waals surface area contributed by atoms with Gasteiger partial charge in [-0.25, -0.2) is 0 Å². The van der Waals surface area contributed by atoms with Crippen LogP contribution in [-0.4, -0.2) is 36.0 Å². The first-order valence-corrected chi connectivity index (χ1v) is 7.28. The fraction of sp³-hybridized carbons (Fsp3) is 0.538. The van der Waals surface area contributed by atoms with Crippen LogP contribution in [0.25, 0.3) is 0 Å². The highest BCUT2D eigenvalue weighted by Gasteiger charge is 2.13. The van der Waals surface area contributed by atoms with Crippen LogP contribution in [0.2, 0.25) is 0 Å². The first-order chi connectivity index (χ1) is 9.08. The minimum Gasteiger partial charge on any atom is -0.379 e. The molecule has 1 aromatic rings. The van der Waals surface area contributed by atoms with E-state index in [2.05, 4.69) is 40.0 Å². The van der Waals surface area contributed by atoms with E-state index >= 15 is 0 Å². The Kier molecular flexibility index (Phi) is 6.80. The van der Waals surface area contributed by atoms with Gasteiger partial charge in [0.1, 0.15) is 5.69 Å². The number of nitrogens with one attached hydrogen (secondary N) is 1. The van der Waals surface area contributed by atoms with Crippen LogP contribution >= 0.6 is 15.9 Å². The third kappa shape index (κ3) is 5.16. The number of nitrogens with zero attached hydrogens (tertiary/aromatic N) is 2. The summed E-state index contributed by atoms with van der Waals surface area (Å²) in [6.07, 6.45) is 0.964. The van der Waals surface area contributed by atoms with E-state index < -0.39 is 0 Å². The highest BCUT2D eigenvalue weighted by Crippen LogP contribution is 2.27. The molecule has 0 spiro atoms. The Labute approximate surface area is 122 Å². The van der Waals surface area contributed by atoms with Gasteiger partial charge >= 0.3 is 0 Å². The maximum atomic E-state index is 10.9. The molecule has 0 heterocycles. The number of halogens is 1. The Hall–Kier alpha value is -1.14. The SMILES string of the molecule is CCN(CC)CCCNc1cc(Br)ccc1[N+](=O)[O-]. The fourth-order valence-corrected chi connectivity index (χ4v) is 2.24. The highest BCUT2D eigenvalue weighted by atomic mass is 79.9. The minimum absolute atomic E-state index is 0.117. The molecule has 0 aliphatic rings. The third-order valence-electron chi connectivity index (χ3n) is 3.02. The molecule has 0 saturated carbocycles. The maximum absolute atomic E-state index is 10.9. The lowest BCUT2D eigenvalue weighted by Gasteiger charge is -2.17. The summed E-state index contributed by atoms with van der Waals surface area (Å²) in [4.78, 5) is 12.9. The zero-order valence-corrected chi connectivity index (χ0v) is 12.9. The Bertz CT molecular complexity index is 422. The molecule has 0 saturated heterocycles. The van der Waals surface area contributed by atoms with Crippen molar-refractivity contribution in [3.05, 3.63) is 32.8 Å². The lowest BCUT2D eigenvalue weighted by atomic mass is 10.2. The van der Waals surface area contributed by atoms with Gasteiger partial charge in [-0.15, -0.1) is 0 Å². The van der Waals surface area contributed by atoms with Crippen molar-refractivity contribution in [3.8, 4) is 0 Å². The van der Waals surface area contributed by atoms with Gasteiger partial charge in [0.15, 0.2) is 0 Å². The summed E-state index contributed by atoms with van der Waals surface area (Å²) in [5.41, 5.74) is 0.685. The van der Waals surface area contributed by atoms with Crippen LogP contribution in [0.3, 0.4) is 0 Å². The second-order valence-corrected chi connectivity index (χ2v) is 5.14. The average Bonchev–Trinajstić information content (AvgIpc) is 2.38. The summed E-state index contributed by atoms with van der Waals surface area (Å²) < 4.78 is 0.837. The average molecular weight is 330 g/mol. The Morgan fingerprint density at radius 3 is 2.63 bits per heavy atom. The smallest absolute Gasteiger partial charge is 0.292 e. The Morgan fingerprint density at radius 2 is 2.05 bits per heavy atom. The predicted octanol–water partition coefficient (Wildman–Crippen LogP) is 3.50. The molecule has 0 fully saturated rings. The molecule has 0 aliphatic heterocycles. The molecular formula is C13H20BrN3O2. The minimum atomic E-state index is -0.362. The molecule has 0 aromatic heterocycles. The summed E-state index contributed by atoms with van der Waals surface area (Å²) in [7, 11) is 0. The van der Waals surface area contributed by atoms with Crippen molar-refractivity contribution < 1.29 is 4.92 Å². The normalized spacial score (nSPS) is 10.7. The van der Waals surface area contributed by atoms with Crippen LogP contribution in [-0.2, 0) is 0 Å². The Morgan fingerprint density at radius 1 is 1.37 bits per heavy atom. The van der Waals surface area contributed by atoms with E-state index in [1.165, 1.54) is 6.07 Å². The molecule has 1 N–H and O–H groups in total. The number of hydrogen-bond acceptors (Lipinski definition) is 4. The van der Waals surface area contributed by atoms with Crippen LogP contribution in [0.5, 0.6) is 0 Å². The molecular weight excluding hydrogens is 310 g/mol. The fourth-order valence-electron chi connectivity index (χ4n) is 1.87. The molecule has 106 valence electrons. The predicted molar refractivity (Wildman–Crippen MR) is 81.7 cm³/mol. The van der Waals surface area contributed by atoms with Gasteiger partial charge in [0.25, 0.3) is 5.69 Å². The second-order valence-electron chi connectivity index (χ2n) is 4.23. The number of benzene rings is 1. The molecule has 0 atom stereocenters. The zero-order valence-electron chi connectivity index (χ0n) is 11.4. The first kappa shape index (κ1) is 15.9. The molecule has 1 rings (SSSR count). The third-order valence-corrected chi connectivity index (χ3v) is 3.51. The monoisotopic (exact) mass is 329 g/mol. The molecule has 19 heavy (non-hydrogen) atoms. The van der Waals surface area contributed by atoms with Crippen molar-refractivity contribution in [2.45, 2.75) is 20.3 Å². The van der Waals surface area contributed by atoms with Gasteiger partial charge < -0.3 is 10.2 Å². The van der Waals surface area contributed by atoms with Crippen LogP contribution in [0.15, 0.2) is 22.7 Å². The van der Waals surface area contributed by atoms with Crippen molar-refractivity contribution in [3.63, 3.8) is 0 Å². The zero-order chi connectivity index (χ0) is 14.3. The van der Waals surface area contributed by atoms with Crippen LogP contribution in [0, 0.1) is 10.1 Å². The quantitative estimate of drug-likeness (QED) is 0.450. The summed E-state index contributed by atoms with van der Waals surface area (Å²) in [5, 5.41) is 14.0. The number of rotatable bonds is 8. The molecule has 0 bridgehead atoms. The van der Waals surface area contributed by atoms with Crippen molar-refractivity contribution in [2.75, 3.05) is 31.5 Å². The highest BCUT2D eigenvalue weighted by molar-refractivity contribution is 9.10. The lowest BCUT2D eigenvalue weighted by molar-refractivity contribution is -0.384. The van der Waals surface area contributed by atoms with E-state index in [9.17, 15) is 10.1 Å². The van der Waals surface area contributed by atoms with E-state index in [0.29, 0.717) is 5.69 Å². The van der Waals surface area contributed by atoms with Gasteiger partial charge in [-0.2, -0.15) is 0 Å². The van der Waals surface area contributed by atoms with Gasteiger partial charge in [-0.1, -0.05) is 29.8 Å². The van der Waals surface area contributed by atoms with Gasteiger partial charge in [-0.3, -0.25) is 10.1 Å². The number of nitro groups is 1. The van der Waals surface area contributed by atoms with Crippen molar-refractivity contribution >= 4 is 27.3 Å². The van der Waals surface area contributed by atoms with Crippen LogP contribution in [0.1, 0.15) is 20.3 Å². The summed E-state index contributed by atoms with van der Waals surface area (Å²) in [5.74, 6) is 0. The summed E-state index contributed by atoms with van der Waals surface area (Å²) >= 11 is 3.33. The van der Waals surface area contributed by atoms with Crippen molar-refractivity contribution in [1.29, 1.82) is 0 Å². The molecule has 1 aromatic carbocycles. The van der Waals surface area contributed by atoms with Gasteiger partial charge in [0, 0.05) is 17.1 Å². The van der Waals surface area contributed by atoms with Crippen LogP contribution < -0.4 is 5.32 Å². The molecule has 5 nitrogen and oxygen atoms in total. The molecule has 0 aliphatic carbocycles. The second kappa shape index (κ2) is 8.12. The van der Waals surface area contributed by atoms with Gasteiger partial charge in [0.2, 0.25) is 0 Å². The first-order valence-electron chi connectivity index (χ1n) is 6.48. The van der Waals surface area contributed by atoms with E-state index in [1.807, 2.05) is 0 Å². The molecule has 6 heteroatoms. The Balaban J connectivity index is 2.53. The number of hydrogen-bond donors (Lipinski definition) is 1. The van der Waals surface area contributed by atoms with Gasteiger partial charge in [-0.05, 0) is 38.2 Å². The van der Waals surface area contributed by atoms with Gasteiger partial charge in [0.05, 0.1) is 4.92 Å². The van der Waals surface area contributed by atoms with Crippen LogP contribution in [0.4, 0.5) is 11.4 Å². The van der Waals surface area contributed by atoms with E-state index in [-0.39, 0.29) is 10.6 Å². The summed E-state index contributed by atoms with van der Waals surface area (Å²) in [6.45, 7) is 8.07. The molecule has 0 radical (unpaired) electrons. The summed E-state index contributed by atoms with van der Waals surface area (Å²) in [6, 6.07) is 4.94. The number of anilines is 1.